The summed E-state index contributed by atoms with van der Waals surface area (Å²) in [6.45, 7) is 3.18. The highest BCUT2D eigenvalue weighted by Gasteiger charge is 2.27. The van der Waals surface area contributed by atoms with Crippen LogP contribution < -0.4 is 0 Å². The Morgan fingerprint density at radius 3 is 1.84 bits per heavy atom. The zero-order valence-corrected chi connectivity index (χ0v) is 11.4. The molecule has 0 aromatic heterocycles. The van der Waals surface area contributed by atoms with Gasteiger partial charge in [0.1, 0.15) is 11.5 Å². The zero-order valence-electron chi connectivity index (χ0n) is 10.6. The van der Waals surface area contributed by atoms with Gasteiger partial charge in [-0.25, -0.2) is 8.42 Å². The molecule has 19 heavy (non-hydrogen) atoms. The van der Waals surface area contributed by atoms with E-state index in [1.54, 1.807) is 32.0 Å². The number of aryl methyl sites for hydroxylation is 2. The minimum Gasteiger partial charge on any atom is -0.506 e. The van der Waals surface area contributed by atoms with Crippen LogP contribution in [-0.2, 0) is 9.84 Å². The number of phenolic OH excluding ortho intramolecular Hbond substituents is 2. The highest BCUT2D eigenvalue weighted by Crippen LogP contribution is 2.40. The highest BCUT2D eigenvalue weighted by molar-refractivity contribution is 7.91. The summed E-state index contributed by atoms with van der Waals surface area (Å²) in [5.41, 5.74) is 0.814. The Morgan fingerprint density at radius 1 is 0.895 bits per heavy atom. The van der Waals surface area contributed by atoms with Gasteiger partial charge in [-0.1, -0.05) is 18.2 Å². The van der Waals surface area contributed by atoms with Crippen molar-refractivity contribution in [3.05, 3.63) is 47.5 Å². The smallest absolute Gasteiger partial charge is 0.213 e. The fourth-order valence-corrected chi connectivity index (χ4v) is 3.49. The summed E-state index contributed by atoms with van der Waals surface area (Å²) in [4.78, 5) is -0.401. The molecule has 0 aliphatic carbocycles. The molecule has 2 N–H and O–H groups in total. The van der Waals surface area contributed by atoms with Crippen molar-refractivity contribution in [3.63, 3.8) is 0 Å². The summed E-state index contributed by atoms with van der Waals surface area (Å²) in [5.74, 6) is -0.820. The number of hydrogen-bond donors (Lipinski definition) is 2. The van der Waals surface area contributed by atoms with Crippen LogP contribution in [0, 0.1) is 13.8 Å². The average molecular weight is 278 g/mol. The molecule has 2 aromatic carbocycles. The van der Waals surface area contributed by atoms with Crippen molar-refractivity contribution in [2.45, 2.75) is 23.6 Å². The SMILES string of the molecule is Cc1cc(C)c(O)c(S(=O)(=O)c2ccccc2)c1O. The first-order valence-electron chi connectivity index (χ1n) is 5.68. The maximum absolute atomic E-state index is 12.5. The molecule has 0 unspecified atom stereocenters. The Hall–Kier alpha value is -2.01. The average Bonchev–Trinajstić information content (AvgIpc) is 2.37. The second-order valence-corrected chi connectivity index (χ2v) is 6.24. The summed E-state index contributed by atoms with van der Waals surface area (Å²) in [6, 6.07) is 9.25. The van der Waals surface area contributed by atoms with E-state index >= 15 is 0 Å². The molecule has 2 rings (SSSR count). The molecule has 2 aromatic rings. The maximum Gasteiger partial charge on any atom is 0.213 e. The summed E-state index contributed by atoms with van der Waals surface area (Å²) in [5, 5.41) is 19.9. The Morgan fingerprint density at radius 2 is 1.37 bits per heavy atom. The predicted molar refractivity (Wildman–Crippen MR) is 71.1 cm³/mol. The van der Waals surface area contributed by atoms with E-state index in [-0.39, 0.29) is 4.90 Å². The third-order valence-electron chi connectivity index (χ3n) is 2.93. The molecular weight excluding hydrogens is 264 g/mol. The van der Waals surface area contributed by atoms with Crippen molar-refractivity contribution >= 4 is 9.84 Å². The first-order valence-corrected chi connectivity index (χ1v) is 7.16. The van der Waals surface area contributed by atoms with Crippen molar-refractivity contribution in [2.75, 3.05) is 0 Å². The van der Waals surface area contributed by atoms with E-state index in [1.807, 2.05) is 0 Å². The number of rotatable bonds is 2. The van der Waals surface area contributed by atoms with Gasteiger partial charge in [0.25, 0.3) is 0 Å². The zero-order chi connectivity index (χ0) is 14.2. The van der Waals surface area contributed by atoms with Crippen LogP contribution in [0.1, 0.15) is 11.1 Å². The molecule has 0 aliphatic rings. The van der Waals surface area contributed by atoms with Gasteiger partial charge in [-0.2, -0.15) is 0 Å². The van der Waals surface area contributed by atoms with E-state index in [0.29, 0.717) is 11.1 Å². The Balaban J connectivity index is 2.80. The number of aromatic hydroxyl groups is 2. The fourth-order valence-electron chi connectivity index (χ4n) is 1.90. The monoisotopic (exact) mass is 278 g/mol. The Kier molecular flexibility index (Phi) is 3.24. The molecule has 4 nitrogen and oxygen atoms in total. The van der Waals surface area contributed by atoms with Gasteiger partial charge in [-0.05, 0) is 43.2 Å². The van der Waals surface area contributed by atoms with Crippen molar-refractivity contribution in [2.24, 2.45) is 0 Å². The Bertz CT molecular complexity index is 693. The minimum atomic E-state index is -3.95. The standard InChI is InChI=1S/C14H14O4S/c1-9-8-10(2)13(16)14(12(9)15)19(17,18)11-6-4-3-5-7-11/h3-8,15-16H,1-2H3. The lowest BCUT2D eigenvalue weighted by Gasteiger charge is -2.12. The van der Waals surface area contributed by atoms with Crippen molar-refractivity contribution < 1.29 is 18.6 Å². The van der Waals surface area contributed by atoms with Gasteiger partial charge in [0.2, 0.25) is 9.84 Å². The third kappa shape index (κ3) is 2.17. The van der Waals surface area contributed by atoms with Gasteiger partial charge in [0.05, 0.1) is 4.90 Å². The molecule has 0 saturated carbocycles. The van der Waals surface area contributed by atoms with Crippen LogP contribution in [0.15, 0.2) is 46.2 Å². The molecule has 0 aliphatic heterocycles. The quantitative estimate of drug-likeness (QED) is 0.885. The van der Waals surface area contributed by atoms with Crippen molar-refractivity contribution in [3.8, 4) is 11.5 Å². The number of sulfone groups is 1. The van der Waals surface area contributed by atoms with Crippen LogP contribution >= 0.6 is 0 Å². The summed E-state index contributed by atoms with van der Waals surface area (Å²) in [6.07, 6.45) is 0. The van der Waals surface area contributed by atoms with E-state index in [2.05, 4.69) is 0 Å². The molecule has 0 heterocycles. The van der Waals surface area contributed by atoms with Crippen molar-refractivity contribution in [1.82, 2.24) is 0 Å². The van der Waals surface area contributed by atoms with Crippen LogP contribution in [0.3, 0.4) is 0 Å². The molecule has 100 valence electrons. The van der Waals surface area contributed by atoms with Crippen LogP contribution in [-0.4, -0.2) is 18.6 Å². The largest absolute Gasteiger partial charge is 0.506 e. The van der Waals surface area contributed by atoms with Crippen LogP contribution in [0.4, 0.5) is 0 Å². The van der Waals surface area contributed by atoms with Crippen molar-refractivity contribution in [1.29, 1.82) is 0 Å². The van der Waals surface area contributed by atoms with E-state index in [1.165, 1.54) is 18.2 Å². The van der Waals surface area contributed by atoms with E-state index in [0.717, 1.165) is 0 Å². The second-order valence-electron chi connectivity index (χ2n) is 4.35. The van der Waals surface area contributed by atoms with Gasteiger partial charge in [0, 0.05) is 0 Å². The molecule has 5 heteroatoms. The lowest BCUT2D eigenvalue weighted by Crippen LogP contribution is -2.04. The minimum absolute atomic E-state index is 0.0330. The van der Waals surface area contributed by atoms with Gasteiger partial charge >= 0.3 is 0 Å². The summed E-state index contributed by atoms with van der Waals surface area (Å²) in [7, 11) is -3.95. The fraction of sp³-hybridized carbons (Fsp3) is 0.143. The lowest BCUT2D eigenvalue weighted by atomic mass is 10.1. The normalized spacial score (nSPS) is 11.5. The molecule has 0 radical (unpaired) electrons. The second kappa shape index (κ2) is 4.59. The summed E-state index contributed by atoms with van der Waals surface area (Å²) < 4.78 is 24.9. The number of phenols is 2. The van der Waals surface area contributed by atoms with Gasteiger partial charge in [0.15, 0.2) is 4.90 Å². The van der Waals surface area contributed by atoms with E-state index in [4.69, 9.17) is 0 Å². The predicted octanol–water partition coefficient (Wildman–Crippen LogP) is 2.55. The highest BCUT2D eigenvalue weighted by atomic mass is 32.2. The van der Waals surface area contributed by atoms with Gasteiger partial charge < -0.3 is 10.2 Å². The number of hydrogen-bond acceptors (Lipinski definition) is 4. The van der Waals surface area contributed by atoms with Gasteiger partial charge in [-0.15, -0.1) is 0 Å². The molecule has 0 amide bonds. The molecule has 0 fully saturated rings. The first-order chi connectivity index (χ1) is 8.85. The van der Waals surface area contributed by atoms with E-state index in [9.17, 15) is 18.6 Å². The first kappa shape index (κ1) is 13.4. The maximum atomic E-state index is 12.5. The van der Waals surface area contributed by atoms with Crippen LogP contribution in [0.5, 0.6) is 11.5 Å². The molecule has 0 bridgehead atoms. The van der Waals surface area contributed by atoms with Crippen LogP contribution in [0.2, 0.25) is 0 Å². The molecule has 0 spiro atoms. The molecular formula is C14H14O4S. The van der Waals surface area contributed by atoms with Crippen LogP contribution in [0.25, 0.3) is 0 Å². The number of benzene rings is 2. The third-order valence-corrected chi connectivity index (χ3v) is 4.75. The topological polar surface area (TPSA) is 74.6 Å². The molecule has 0 atom stereocenters. The summed E-state index contributed by atoms with van der Waals surface area (Å²) >= 11 is 0. The Labute approximate surface area is 111 Å². The lowest BCUT2D eigenvalue weighted by molar-refractivity contribution is 0.418. The molecule has 0 saturated heterocycles. The van der Waals surface area contributed by atoms with E-state index < -0.39 is 26.2 Å². The van der Waals surface area contributed by atoms with Gasteiger partial charge in [-0.3, -0.25) is 0 Å².